The number of carbonyl (C=O) groups excluding carboxylic acids is 1. The summed E-state index contributed by atoms with van der Waals surface area (Å²) in [5.74, 6) is -0.986. The molecule has 0 bridgehead atoms. The van der Waals surface area contributed by atoms with Gasteiger partial charge in [0.25, 0.3) is 5.60 Å². The first-order valence-electron chi connectivity index (χ1n) is 7.64. The van der Waals surface area contributed by atoms with Gasteiger partial charge in [-0.05, 0) is 18.8 Å². The third kappa shape index (κ3) is 4.47. The van der Waals surface area contributed by atoms with Crippen LogP contribution in [0, 0.1) is 5.92 Å². The third-order valence-corrected chi connectivity index (χ3v) is 3.94. The van der Waals surface area contributed by atoms with Crippen molar-refractivity contribution < 1.29 is 27.4 Å². The Hall–Kier alpha value is -1.56. The predicted molar refractivity (Wildman–Crippen MR) is 80.8 cm³/mol. The average Bonchev–Trinajstić information content (AvgIpc) is 2.52. The highest BCUT2D eigenvalue weighted by Crippen LogP contribution is 2.42. The molecule has 1 rings (SSSR count). The van der Waals surface area contributed by atoms with Crippen LogP contribution in [-0.2, 0) is 19.9 Å². The normalized spacial score (nSPS) is 15.7. The minimum absolute atomic E-state index is 0.0583. The summed E-state index contributed by atoms with van der Waals surface area (Å²) in [4.78, 5) is 12.2. The van der Waals surface area contributed by atoms with Crippen molar-refractivity contribution in [2.24, 2.45) is 5.92 Å². The van der Waals surface area contributed by atoms with E-state index in [1.165, 1.54) is 24.3 Å². The summed E-state index contributed by atoms with van der Waals surface area (Å²) in [6.07, 6.45) is -2.63. The Bertz CT molecular complexity index is 488. The zero-order chi connectivity index (χ0) is 17.5. The van der Waals surface area contributed by atoms with Crippen molar-refractivity contribution in [3.63, 3.8) is 0 Å². The molecule has 0 spiro atoms. The minimum Gasteiger partial charge on any atom is -0.463 e. The van der Waals surface area contributed by atoms with Crippen molar-refractivity contribution in [1.29, 1.82) is 0 Å². The van der Waals surface area contributed by atoms with E-state index in [0.717, 1.165) is 20.0 Å². The number of benzene rings is 1. The van der Waals surface area contributed by atoms with Gasteiger partial charge in [0.05, 0.1) is 6.61 Å². The third-order valence-electron chi connectivity index (χ3n) is 3.94. The Morgan fingerprint density at radius 3 is 2.30 bits per heavy atom. The summed E-state index contributed by atoms with van der Waals surface area (Å²) in [7, 11) is 0.862. The van der Waals surface area contributed by atoms with Crippen molar-refractivity contribution in [3.05, 3.63) is 35.9 Å². The van der Waals surface area contributed by atoms with Gasteiger partial charge in [0.15, 0.2) is 0 Å². The average molecular weight is 332 g/mol. The number of methoxy groups -OCH3 is 1. The maximum atomic E-state index is 13.6. The maximum absolute atomic E-state index is 13.6. The lowest BCUT2D eigenvalue weighted by Crippen LogP contribution is -2.51. The molecule has 23 heavy (non-hydrogen) atoms. The van der Waals surface area contributed by atoms with Crippen LogP contribution in [-0.4, -0.2) is 25.9 Å². The molecular formula is C17H23F3O3. The van der Waals surface area contributed by atoms with Gasteiger partial charge in [-0.2, -0.15) is 13.2 Å². The number of halogens is 3. The number of hydrogen-bond acceptors (Lipinski definition) is 3. The Kier molecular flexibility index (Phi) is 7.06. The highest BCUT2D eigenvalue weighted by molar-refractivity contribution is 5.82. The highest BCUT2D eigenvalue weighted by atomic mass is 19.4. The molecule has 1 aromatic carbocycles. The maximum Gasteiger partial charge on any atom is 0.432 e. The second kappa shape index (κ2) is 8.34. The number of esters is 1. The molecule has 0 radical (unpaired) electrons. The number of ether oxygens (including phenoxy) is 2. The zero-order valence-electron chi connectivity index (χ0n) is 13.7. The van der Waals surface area contributed by atoms with Crippen LogP contribution in [0.4, 0.5) is 13.2 Å². The topological polar surface area (TPSA) is 35.5 Å². The molecule has 0 unspecified atom stereocenters. The van der Waals surface area contributed by atoms with Gasteiger partial charge in [-0.3, -0.25) is 0 Å². The molecule has 0 saturated heterocycles. The minimum atomic E-state index is -4.92. The van der Waals surface area contributed by atoms with Gasteiger partial charge < -0.3 is 9.47 Å². The fourth-order valence-corrected chi connectivity index (χ4v) is 2.29. The van der Waals surface area contributed by atoms with E-state index >= 15 is 0 Å². The molecule has 0 aliphatic heterocycles. The second-order valence-corrected chi connectivity index (χ2v) is 5.54. The lowest BCUT2D eigenvalue weighted by Gasteiger charge is -2.32. The predicted octanol–water partition coefficient (Wildman–Crippen LogP) is 4.46. The van der Waals surface area contributed by atoms with E-state index in [0.29, 0.717) is 12.3 Å². The molecule has 0 aromatic heterocycles. The molecule has 0 heterocycles. The monoisotopic (exact) mass is 332 g/mol. The molecule has 0 fully saturated rings. The fourth-order valence-electron chi connectivity index (χ4n) is 2.29. The molecule has 0 amide bonds. The Balaban J connectivity index is 2.91. The highest BCUT2D eigenvalue weighted by Gasteiger charge is 2.64. The largest absolute Gasteiger partial charge is 0.463 e. The molecular weight excluding hydrogens is 309 g/mol. The fraction of sp³-hybridized carbons (Fsp3) is 0.588. The van der Waals surface area contributed by atoms with Gasteiger partial charge in [-0.25, -0.2) is 4.79 Å². The Labute approximate surface area is 134 Å². The van der Waals surface area contributed by atoms with Crippen LogP contribution >= 0.6 is 0 Å². The molecule has 6 heteroatoms. The summed E-state index contributed by atoms with van der Waals surface area (Å²) in [5.41, 5.74) is -3.38. The van der Waals surface area contributed by atoms with Crippen LogP contribution in [0.25, 0.3) is 0 Å². The lowest BCUT2D eigenvalue weighted by atomic mass is 9.92. The molecule has 0 aliphatic carbocycles. The second-order valence-electron chi connectivity index (χ2n) is 5.54. The van der Waals surface area contributed by atoms with E-state index in [-0.39, 0.29) is 12.2 Å². The van der Waals surface area contributed by atoms with Gasteiger partial charge >= 0.3 is 12.1 Å². The van der Waals surface area contributed by atoms with E-state index in [9.17, 15) is 18.0 Å². The number of alkyl halides is 3. The molecule has 0 aliphatic rings. The number of carbonyl (C=O) groups is 1. The van der Waals surface area contributed by atoms with Crippen molar-refractivity contribution in [2.45, 2.75) is 44.9 Å². The summed E-state index contributed by atoms with van der Waals surface area (Å²) in [6, 6.07) is 6.82. The Morgan fingerprint density at radius 1 is 1.22 bits per heavy atom. The molecule has 2 atom stereocenters. The van der Waals surface area contributed by atoms with Crippen LogP contribution < -0.4 is 0 Å². The molecule has 130 valence electrons. The van der Waals surface area contributed by atoms with Gasteiger partial charge in [-0.1, -0.05) is 50.6 Å². The van der Waals surface area contributed by atoms with Crippen LogP contribution in [0.1, 0.15) is 38.7 Å². The van der Waals surface area contributed by atoms with E-state index in [1.807, 2.05) is 13.8 Å². The molecule has 3 nitrogen and oxygen atoms in total. The first-order chi connectivity index (χ1) is 10.8. The van der Waals surface area contributed by atoms with Crippen LogP contribution in [0.15, 0.2) is 30.3 Å². The van der Waals surface area contributed by atoms with Gasteiger partial charge in [-0.15, -0.1) is 0 Å². The lowest BCUT2D eigenvalue weighted by molar-refractivity contribution is -0.276. The zero-order valence-corrected chi connectivity index (χ0v) is 13.7. The first-order valence-corrected chi connectivity index (χ1v) is 7.64. The standard InChI is InChI=1S/C17H23F3O3/c1-4-13(2)9-8-12-23-15(21)16(22-3,17(18,19)20)14-10-6-5-7-11-14/h5-7,10-11,13H,4,8-9,12H2,1-3H3/t13-,16-/m0/s1. The van der Waals surface area contributed by atoms with Crippen molar-refractivity contribution in [1.82, 2.24) is 0 Å². The van der Waals surface area contributed by atoms with E-state index in [2.05, 4.69) is 4.74 Å². The first kappa shape index (κ1) is 19.5. The van der Waals surface area contributed by atoms with Crippen molar-refractivity contribution >= 4 is 5.97 Å². The molecule has 1 aromatic rings. The molecule has 0 N–H and O–H groups in total. The van der Waals surface area contributed by atoms with Crippen molar-refractivity contribution in [2.75, 3.05) is 13.7 Å². The Morgan fingerprint density at radius 2 is 1.83 bits per heavy atom. The molecule has 0 saturated carbocycles. The number of hydrogen-bond donors (Lipinski definition) is 0. The van der Waals surface area contributed by atoms with Crippen LogP contribution in [0.3, 0.4) is 0 Å². The SMILES string of the molecule is CC[C@H](C)CCCOC(=O)[C@@](OC)(c1ccccc1)C(F)(F)F. The smallest absolute Gasteiger partial charge is 0.432 e. The van der Waals surface area contributed by atoms with Gasteiger partial charge in [0.1, 0.15) is 0 Å². The summed E-state index contributed by atoms with van der Waals surface area (Å²) in [6.45, 7) is 4.02. The van der Waals surface area contributed by atoms with Crippen molar-refractivity contribution in [3.8, 4) is 0 Å². The van der Waals surface area contributed by atoms with Crippen LogP contribution in [0.5, 0.6) is 0 Å². The number of rotatable bonds is 8. The van der Waals surface area contributed by atoms with E-state index < -0.39 is 17.7 Å². The van der Waals surface area contributed by atoms with Crippen LogP contribution in [0.2, 0.25) is 0 Å². The summed E-state index contributed by atoms with van der Waals surface area (Å²) < 4.78 is 50.3. The summed E-state index contributed by atoms with van der Waals surface area (Å²) in [5, 5.41) is 0. The summed E-state index contributed by atoms with van der Waals surface area (Å²) >= 11 is 0. The quantitative estimate of drug-likeness (QED) is 0.521. The van der Waals surface area contributed by atoms with E-state index in [4.69, 9.17) is 4.74 Å². The van der Waals surface area contributed by atoms with Gasteiger partial charge in [0, 0.05) is 12.7 Å². The van der Waals surface area contributed by atoms with E-state index in [1.54, 1.807) is 6.07 Å². The van der Waals surface area contributed by atoms with Gasteiger partial charge in [0.2, 0.25) is 0 Å².